The largest absolute Gasteiger partial charge is 0.480 e. The van der Waals surface area contributed by atoms with E-state index in [0.29, 0.717) is 18.4 Å². The highest BCUT2D eigenvalue weighted by molar-refractivity contribution is 5.83. The predicted octanol–water partition coefficient (Wildman–Crippen LogP) is 1.78. The number of nitrogens with one attached hydrogen (secondary N) is 1. The van der Waals surface area contributed by atoms with Crippen LogP contribution in [0.2, 0.25) is 0 Å². The lowest BCUT2D eigenvalue weighted by Gasteiger charge is -2.29. The van der Waals surface area contributed by atoms with E-state index in [1.54, 1.807) is 32.7 Å². The molecule has 0 aliphatic heterocycles. The van der Waals surface area contributed by atoms with Gasteiger partial charge in [0.15, 0.2) is 0 Å². The van der Waals surface area contributed by atoms with E-state index in [4.69, 9.17) is 5.11 Å². The Morgan fingerprint density at radius 2 is 1.94 bits per heavy atom. The zero-order valence-corrected chi connectivity index (χ0v) is 11.9. The van der Waals surface area contributed by atoms with Crippen LogP contribution >= 0.6 is 0 Å². The standard InChI is InChI=1S/C13H24N2O3/c1-8-6-9(8)7-15(5)12(18)14-10(11(16)17)13(2,3)4/h8-10H,6-7H2,1-5H3,(H,14,18)(H,16,17)/t8?,9?,10-/m1/s1. The normalized spacial score (nSPS) is 24.3. The Labute approximate surface area is 109 Å². The molecule has 1 aliphatic rings. The summed E-state index contributed by atoms with van der Waals surface area (Å²) in [5, 5.41) is 11.7. The maximum atomic E-state index is 11.9. The summed E-state index contributed by atoms with van der Waals surface area (Å²) < 4.78 is 0. The summed E-state index contributed by atoms with van der Waals surface area (Å²) in [6.07, 6.45) is 1.15. The van der Waals surface area contributed by atoms with Gasteiger partial charge in [-0.2, -0.15) is 0 Å². The maximum absolute atomic E-state index is 11.9. The van der Waals surface area contributed by atoms with Crippen molar-refractivity contribution in [1.29, 1.82) is 0 Å². The van der Waals surface area contributed by atoms with Crippen LogP contribution < -0.4 is 5.32 Å². The number of aliphatic carboxylic acids is 1. The average Bonchev–Trinajstić information content (AvgIpc) is 2.87. The quantitative estimate of drug-likeness (QED) is 0.805. The van der Waals surface area contributed by atoms with Crippen LogP contribution in [-0.2, 0) is 4.79 Å². The van der Waals surface area contributed by atoms with Crippen molar-refractivity contribution in [2.24, 2.45) is 17.3 Å². The van der Waals surface area contributed by atoms with Gasteiger partial charge in [-0.3, -0.25) is 0 Å². The highest BCUT2D eigenvalue weighted by atomic mass is 16.4. The molecular weight excluding hydrogens is 232 g/mol. The van der Waals surface area contributed by atoms with Crippen LogP contribution in [0.3, 0.4) is 0 Å². The molecule has 2 unspecified atom stereocenters. The van der Waals surface area contributed by atoms with Crippen LogP contribution in [0.4, 0.5) is 4.79 Å². The zero-order valence-electron chi connectivity index (χ0n) is 11.9. The molecule has 2 N–H and O–H groups in total. The fourth-order valence-corrected chi connectivity index (χ4v) is 1.97. The molecule has 0 bridgehead atoms. The van der Waals surface area contributed by atoms with Gasteiger partial charge in [0.25, 0.3) is 0 Å². The van der Waals surface area contributed by atoms with Crippen molar-refractivity contribution in [2.45, 2.75) is 40.2 Å². The molecule has 18 heavy (non-hydrogen) atoms. The first-order chi connectivity index (χ1) is 8.12. The van der Waals surface area contributed by atoms with Crippen molar-refractivity contribution in [2.75, 3.05) is 13.6 Å². The van der Waals surface area contributed by atoms with Crippen molar-refractivity contribution < 1.29 is 14.7 Å². The number of nitrogens with zero attached hydrogens (tertiary/aromatic N) is 1. The van der Waals surface area contributed by atoms with Gasteiger partial charge in [-0.25, -0.2) is 9.59 Å². The Hall–Kier alpha value is -1.26. The zero-order chi connectivity index (χ0) is 14.1. The fraction of sp³-hybridized carbons (Fsp3) is 0.846. The van der Waals surface area contributed by atoms with Gasteiger partial charge in [-0.1, -0.05) is 27.7 Å². The van der Waals surface area contributed by atoms with Gasteiger partial charge in [0.1, 0.15) is 6.04 Å². The molecule has 104 valence electrons. The second kappa shape index (κ2) is 5.16. The molecule has 2 amide bonds. The topological polar surface area (TPSA) is 69.6 Å². The molecule has 0 aromatic heterocycles. The molecule has 5 heteroatoms. The molecule has 1 fully saturated rings. The van der Waals surface area contributed by atoms with E-state index < -0.39 is 17.4 Å². The highest BCUT2D eigenvalue weighted by Crippen LogP contribution is 2.37. The Kier molecular flexibility index (Phi) is 4.24. The average molecular weight is 256 g/mol. The number of carbonyl (C=O) groups is 2. The molecule has 5 nitrogen and oxygen atoms in total. The lowest BCUT2D eigenvalue weighted by molar-refractivity contribution is -0.142. The molecule has 1 saturated carbocycles. The van der Waals surface area contributed by atoms with Gasteiger partial charge in [0.05, 0.1) is 0 Å². The minimum atomic E-state index is -0.996. The van der Waals surface area contributed by atoms with Gasteiger partial charge in [0, 0.05) is 13.6 Å². The molecular formula is C13H24N2O3. The molecule has 1 aliphatic carbocycles. The first-order valence-electron chi connectivity index (χ1n) is 6.37. The maximum Gasteiger partial charge on any atom is 0.326 e. The Bertz CT molecular complexity index is 336. The summed E-state index contributed by atoms with van der Waals surface area (Å²) in [4.78, 5) is 24.7. The van der Waals surface area contributed by atoms with Crippen LogP contribution in [0.15, 0.2) is 0 Å². The number of hydrogen-bond acceptors (Lipinski definition) is 2. The molecule has 0 heterocycles. The van der Waals surface area contributed by atoms with E-state index in [0.717, 1.165) is 6.42 Å². The molecule has 0 radical (unpaired) electrons. The van der Waals surface area contributed by atoms with Crippen molar-refractivity contribution in [3.05, 3.63) is 0 Å². The smallest absolute Gasteiger partial charge is 0.326 e. The Morgan fingerprint density at radius 3 is 2.28 bits per heavy atom. The number of carboxylic acid groups (broad SMARTS) is 1. The number of carboxylic acids is 1. The van der Waals surface area contributed by atoms with E-state index in [2.05, 4.69) is 12.2 Å². The predicted molar refractivity (Wildman–Crippen MR) is 69.3 cm³/mol. The minimum Gasteiger partial charge on any atom is -0.480 e. The Balaban J connectivity index is 2.53. The molecule has 0 aromatic rings. The second-order valence-electron chi connectivity index (χ2n) is 6.44. The number of urea groups is 1. The third-order valence-electron chi connectivity index (χ3n) is 3.51. The van der Waals surface area contributed by atoms with Gasteiger partial charge in [0.2, 0.25) is 0 Å². The molecule has 0 saturated heterocycles. The van der Waals surface area contributed by atoms with Crippen molar-refractivity contribution in [3.63, 3.8) is 0 Å². The summed E-state index contributed by atoms with van der Waals surface area (Å²) >= 11 is 0. The van der Waals surface area contributed by atoms with Crippen LogP contribution in [0.1, 0.15) is 34.1 Å². The van der Waals surface area contributed by atoms with E-state index in [9.17, 15) is 9.59 Å². The van der Waals surface area contributed by atoms with Crippen molar-refractivity contribution in [3.8, 4) is 0 Å². The lowest BCUT2D eigenvalue weighted by atomic mass is 9.87. The second-order valence-corrected chi connectivity index (χ2v) is 6.44. The summed E-state index contributed by atoms with van der Waals surface area (Å²) in [6.45, 7) is 8.26. The van der Waals surface area contributed by atoms with Crippen LogP contribution in [0.5, 0.6) is 0 Å². The Morgan fingerprint density at radius 1 is 1.44 bits per heavy atom. The van der Waals surface area contributed by atoms with Crippen LogP contribution in [-0.4, -0.2) is 41.6 Å². The van der Waals surface area contributed by atoms with Gasteiger partial charge < -0.3 is 15.3 Å². The molecule has 0 spiro atoms. The van der Waals surface area contributed by atoms with Crippen molar-refractivity contribution >= 4 is 12.0 Å². The number of amides is 2. The summed E-state index contributed by atoms with van der Waals surface area (Å²) in [5.74, 6) is 0.251. The lowest BCUT2D eigenvalue weighted by Crippen LogP contribution is -2.52. The number of carbonyl (C=O) groups excluding carboxylic acids is 1. The highest BCUT2D eigenvalue weighted by Gasteiger charge is 2.36. The van der Waals surface area contributed by atoms with E-state index >= 15 is 0 Å². The third kappa shape index (κ3) is 3.89. The number of rotatable bonds is 4. The van der Waals surface area contributed by atoms with Crippen LogP contribution in [0.25, 0.3) is 0 Å². The summed E-state index contributed by atoms with van der Waals surface area (Å²) in [7, 11) is 1.71. The first-order valence-corrected chi connectivity index (χ1v) is 6.37. The fourth-order valence-electron chi connectivity index (χ4n) is 1.97. The van der Waals surface area contributed by atoms with E-state index in [1.165, 1.54) is 0 Å². The molecule has 0 aromatic carbocycles. The van der Waals surface area contributed by atoms with E-state index in [1.807, 2.05) is 0 Å². The van der Waals surface area contributed by atoms with Gasteiger partial charge >= 0.3 is 12.0 Å². The number of hydrogen-bond donors (Lipinski definition) is 2. The molecule has 3 atom stereocenters. The SMILES string of the molecule is CC1CC1CN(C)C(=O)N[C@H](C(=O)O)C(C)(C)C. The monoisotopic (exact) mass is 256 g/mol. The van der Waals surface area contributed by atoms with Gasteiger partial charge in [-0.05, 0) is 23.7 Å². The van der Waals surface area contributed by atoms with Crippen LogP contribution in [0, 0.1) is 17.3 Å². The van der Waals surface area contributed by atoms with E-state index in [-0.39, 0.29) is 6.03 Å². The summed E-state index contributed by atoms with van der Waals surface area (Å²) in [6, 6.07) is -1.18. The first kappa shape index (κ1) is 14.8. The minimum absolute atomic E-state index is 0.309. The molecule has 1 rings (SSSR count). The van der Waals surface area contributed by atoms with Crippen molar-refractivity contribution in [1.82, 2.24) is 10.2 Å². The van der Waals surface area contributed by atoms with Gasteiger partial charge in [-0.15, -0.1) is 0 Å². The summed E-state index contributed by atoms with van der Waals surface area (Å²) in [5.41, 5.74) is -0.505. The third-order valence-corrected chi connectivity index (χ3v) is 3.51.